The molecule has 0 spiro atoms. The van der Waals surface area contributed by atoms with Gasteiger partial charge in [0.25, 0.3) is 0 Å². The fourth-order valence-corrected chi connectivity index (χ4v) is 3.90. The standard InChI is InChI=1S/C20H15ClN4O2S/c1-13(26)25-8-7-14-9-15(12-23-20(14)25)16-10-18(19(21)22-11-16)24-28(27)17-5-3-2-4-6-17/h2-12,24H,1H3. The first-order valence-electron chi connectivity index (χ1n) is 8.40. The van der Waals surface area contributed by atoms with Crippen LogP contribution in [0.3, 0.4) is 0 Å². The molecule has 0 aliphatic rings. The summed E-state index contributed by atoms with van der Waals surface area (Å²) >= 11 is 4.72. The number of carbonyl (C=O) groups excluding carboxylic acids is 1. The maximum absolute atomic E-state index is 12.5. The molecular weight excluding hydrogens is 396 g/mol. The van der Waals surface area contributed by atoms with Crippen LogP contribution in [0.15, 0.2) is 72.0 Å². The van der Waals surface area contributed by atoms with Crippen molar-refractivity contribution < 1.29 is 9.35 Å². The van der Waals surface area contributed by atoms with Gasteiger partial charge in [0, 0.05) is 42.0 Å². The lowest BCUT2D eigenvalue weighted by Crippen LogP contribution is -2.13. The van der Waals surface area contributed by atoms with Gasteiger partial charge in [0.15, 0.2) is 10.0 Å². The van der Waals surface area contributed by atoms with Crippen molar-refractivity contribution in [1.29, 1.82) is 0 Å². The van der Waals surface area contributed by atoms with E-state index in [9.17, 15) is 9.35 Å². The average Bonchev–Trinajstić information content (AvgIpc) is 3.14. The molecule has 0 fully saturated rings. The normalized spacial score (nSPS) is 12.1. The minimum absolute atomic E-state index is 0.0988. The Labute approximate surface area is 169 Å². The summed E-state index contributed by atoms with van der Waals surface area (Å²) in [5.74, 6) is -0.0988. The zero-order valence-electron chi connectivity index (χ0n) is 14.8. The fraction of sp³-hybridized carbons (Fsp3) is 0.0500. The molecule has 4 aromatic rings. The monoisotopic (exact) mass is 410 g/mol. The Balaban J connectivity index is 1.67. The van der Waals surface area contributed by atoms with E-state index in [-0.39, 0.29) is 11.1 Å². The molecule has 1 N–H and O–H groups in total. The molecule has 3 aromatic heterocycles. The molecule has 140 valence electrons. The molecule has 1 aromatic carbocycles. The van der Waals surface area contributed by atoms with E-state index in [2.05, 4.69) is 14.7 Å². The summed E-state index contributed by atoms with van der Waals surface area (Å²) in [5.41, 5.74) is 2.64. The molecule has 3 heterocycles. The summed E-state index contributed by atoms with van der Waals surface area (Å²) in [6.45, 7) is 1.49. The van der Waals surface area contributed by atoms with Gasteiger partial charge in [0.05, 0.1) is 0 Å². The van der Waals surface area contributed by atoms with Gasteiger partial charge < -0.3 is 4.55 Å². The van der Waals surface area contributed by atoms with E-state index >= 15 is 0 Å². The lowest BCUT2D eigenvalue weighted by Gasteiger charge is -2.13. The highest BCUT2D eigenvalue weighted by molar-refractivity contribution is 7.92. The Hall–Kier alpha value is -2.87. The van der Waals surface area contributed by atoms with Crippen molar-refractivity contribution in [2.45, 2.75) is 11.8 Å². The number of carbonyl (C=O) groups is 1. The second-order valence-corrected chi connectivity index (χ2v) is 7.66. The van der Waals surface area contributed by atoms with E-state index in [1.165, 1.54) is 11.5 Å². The first-order chi connectivity index (χ1) is 13.5. The number of benzene rings is 1. The van der Waals surface area contributed by atoms with Crippen molar-refractivity contribution in [2.75, 3.05) is 4.72 Å². The van der Waals surface area contributed by atoms with Gasteiger partial charge in [-0.05, 0) is 30.3 Å². The number of hydrogen-bond donors (Lipinski definition) is 1. The summed E-state index contributed by atoms with van der Waals surface area (Å²) in [4.78, 5) is 20.9. The molecule has 0 saturated heterocycles. The minimum Gasteiger partial charge on any atom is -0.588 e. The molecule has 28 heavy (non-hydrogen) atoms. The first-order valence-corrected chi connectivity index (χ1v) is 9.93. The summed E-state index contributed by atoms with van der Waals surface area (Å²) in [5, 5.41) is 1.06. The van der Waals surface area contributed by atoms with Crippen molar-refractivity contribution in [3.8, 4) is 11.1 Å². The Morgan fingerprint density at radius 2 is 1.82 bits per heavy atom. The van der Waals surface area contributed by atoms with E-state index in [0.717, 1.165) is 16.5 Å². The third-order valence-electron chi connectivity index (χ3n) is 4.20. The van der Waals surface area contributed by atoms with Crippen molar-refractivity contribution in [3.63, 3.8) is 0 Å². The minimum atomic E-state index is -1.46. The number of rotatable bonds is 4. The van der Waals surface area contributed by atoms with E-state index in [1.54, 1.807) is 36.8 Å². The predicted octanol–water partition coefficient (Wildman–Crippen LogP) is 4.55. The summed E-state index contributed by atoms with van der Waals surface area (Å²) in [6, 6.07) is 14.6. The van der Waals surface area contributed by atoms with Crippen LogP contribution in [0.4, 0.5) is 5.69 Å². The highest BCUT2D eigenvalue weighted by Crippen LogP contribution is 2.29. The first kappa shape index (κ1) is 18.5. The van der Waals surface area contributed by atoms with E-state index < -0.39 is 11.4 Å². The maximum Gasteiger partial charge on any atom is 0.229 e. The molecule has 8 heteroatoms. The van der Waals surface area contributed by atoms with Gasteiger partial charge in [0.2, 0.25) is 5.91 Å². The SMILES string of the molecule is CC(=O)n1ccc2cc(-c3cnc(Cl)c(N[S+]([O-])c4ccccc4)c3)cnc21. The van der Waals surface area contributed by atoms with Crippen molar-refractivity contribution in [3.05, 3.63) is 72.3 Å². The summed E-state index contributed by atoms with van der Waals surface area (Å²) < 4.78 is 16.9. The van der Waals surface area contributed by atoms with Crippen LogP contribution in [0.1, 0.15) is 11.7 Å². The maximum atomic E-state index is 12.5. The lowest BCUT2D eigenvalue weighted by atomic mass is 10.1. The number of anilines is 1. The van der Waals surface area contributed by atoms with Crippen molar-refractivity contribution in [2.24, 2.45) is 0 Å². The fourth-order valence-electron chi connectivity index (χ4n) is 2.82. The van der Waals surface area contributed by atoms with Gasteiger partial charge >= 0.3 is 0 Å². The lowest BCUT2D eigenvalue weighted by molar-refractivity contribution is 0.0941. The number of aromatic nitrogens is 3. The second kappa shape index (κ2) is 7.63. The number of nitrogens with one attached hydrogen (secondary N) is 1. The smallest absolute Gasteiger partial charge is 0.229 e. The van der Waals surface area contributed by atoms with Crippen molar-refractivity contribution in [1.82, 2.24) is 14.5 Å². The van der Waals surface area contributed by atoms with Gasteiger partial charge in [-0.3, -0.25) is 9.36 Å². The number of pyridine rings is 2. The Morgan fingerprint density at radius 1 is 1.11 bits per heavy atom. The number of nitrogens with zero attached hydrogens (tertiary/aromatic N) is 3. The van der Waals surface area contributed by atoms with E-state index in [4.69, 9.17) is 11.6 Å². The Bertz CT molecular complexity index is 1160. The zero-order valence-corrected chi connectivity index (χ0v) is 16.4. The third-order valence-corrected chi connectivity index (χ3v) is 5.60. The van der Waals surface area contributed by atoms with Crippen LogP contribution in [0, 0.1) is 0 Å². The number of halogens is 1. The molecule has 0 saturated carbocycles. The molecule has 6 nitrogen and oxygen atoms in total. The van der Waals surface area contributed by atoms with Crippen LogP contribution in [-0.2, 0) is 11.4 Å². The zero-order chi connectivity index (χ0) is 19.7. The van der Waals surface area contributed by atoms with Gasteiger partial charge in [-0.15, -0.1) is 0 Å². The topological polar surface area (TPSA) is 82.9 Å². The quantitative estimate of drug-likeness (QED) is 0.394. The highest BCUT2D eigenvalue weighted by atomic mass is 35.5. The largest absolute Gasteiger partial charge is 0.588 e. The average molecular weight is 411 g/mol. The summed E-state index contributed by atoms with van der Waals surface area (Å²) in [6.07, 6.45) is 4.99. The van der Waals surface area contributed by atoms with Crippen LogP contribution in [-0.4, -0.2) is 25.0 Å². The number of hydrogen-bond acceptors (Lipinski definition) is 5. The molecule has 4 rings (SSSR count). The molecule has 1 atom stereocenters. The van der Waals surface area contributed by atoms with Crippen LogP contribution >= 0.6 is 11.6 Å². The van der Waals surface area contributed by atoms with Gasteiger partial charge in [-0.2, -0.15) is 0 Å². The molecule has 0 aliphatic carbocycles. The molecule has 0 aliphatic heterocycles. The Kier molecular flexibility index (Phi) is 5.04. The number of fused-ring (bicyclic) bond motifs is 1. The van der Waals surface area contributed by atoms with E-state index in [1.807, 2.05) is 30.3 Å². The van der Waals surface area contributed by atoms with Crippen LogP contribution < -0.4 is 4.72 Å². The summed E-state index contributed by atoms with van der Waals surface area (Å²) in [7, 11) is 0. The van der Waals surface area contributed by atoms with Crippen LogP contribution in [0.2, 0.25) is 5.15 Å². The van der Waals surface area contributed by atoms with E-state index in [0.29, 0.717) is 16.2 Å². The van der Waals surface area contributed by atoms with Gasteiger partial charge in [-0.25, -0.2) is 14.7 Å². The molecular formula is C20H15ClN4O2S. The van der Waals surface area contributed by atoms with Gasteiger partial charge in [0.1, 0.15) is 22.7 Å². The molecule has 0 radical (unpaired) electrons. The van der Waals surface area contributed by atoms with Crippen molar-refractivity contribution >= 4 is 45.6 Å². The third kappa shape index (κ3) is 3.60. The highest BCUT2D eigenvalue weighted by Gasteiger charge is 2.15. The predicted molar refractivity (Wildman–Crippen MR) is 111 cm³/mol. The van der Waals surface area contributed by atoms with Crippen LogP contribution in [0.5, 0.6) is 0 Å². The molecule has 1 unspecified atom stereocenters. The Morgan fingerprint density at radius 3 is 2.57 bits per heavy atom. The molecule has 0 bridgehead atoms. The molecule has 0 amide bonds. The van der Waals surface area contributed by atoms with Crippen LogP contribution in [0.25, 0.3) is 22.2 Å². The van der Waals surface area contributed by atoms with Gasteiger partial charge in [-0.1, -0.05) is 29.8 Å². The second-order valence-electron chi connectivity index (χ2n) is 6.09.